The first-order valence-corrected chi connectivity index (χ1v) is 8.24. The van der Waals surface area contributed by atoms with Crippen molar-refractivity contribution in [3.63, 3.8) is 0 Å². The van der Waals surface area contributed by atoms with Crippen LogP contribution in [0.25, 0.3) is 0 Å². The molecule has 0 atom stereocenters. The second kappa shape index (κ2) is 7.65. The number of hydrogen-bond donors (Lipinski definition) is 0. The van der Waals surface area contributed by atoms with Crippen molar-refractivity contribution in [1.29, 1.82) is 0 Å². The topological polar surface area (TPSA) is 9.23 Å². The lowest BCUT2D eigenvalue weighted by Gasteiger charge is -2.09. The van der Waals surface area contributed by atoms with Crippen LogP contribution in [0.5, 0.6) is 0 Å². The van der Waals surface area contributed by atoms with E-state index in [9.17, 15) is 0 Å². The summed E-state index contributed by atoms with van der Waals surface area (Å²) in [6, 6.07) is 0. The van der Waals surface area contributed by atoms with Crippen molar-refractivity contribution in [3.05, 3.63) is 0 Å². The second-order valence-electron chi connectivity index (χ2n) is 4.65. The lowest BCUT2D eigenvalue weighted by Crippen LogP contribution is -1.94. The molecule has 0 aromatic heterocycles. The third-order valence-electron chi connectivity index (χ3n) is 3.08. The Hall–Kier alpha value is 0.390. The molecular weight excluding hydrogens is 191 g/mol. The van der Waals surface area contributed by atoms with E-state index >= 15 is 0 Å². The van der Waals surface area contributed by atoms with E-state index in [4.69, 9.17) is 4.52 Å². The fraction of sp³-hybridized carbons (Fsp3) is 1.00. The molecule has 0 aromatic carbocycles. The molecule has 0 amide bonds. The van der Waals surface area contributed by atoms with Crippen LogP contribution >= 0.6 is 8.15 Å². The Morgan fingerprint density at radius 3 is 2.43 bits per heavy atom. The van der Waals surface area contributed by atoms with Crippen LogP contribution in [0.15, 0.2) is 0 Å². The Labute approximate surface area is 90.4 Å². The highest BCUT2D eigenvalue weighted by Gasteiger charge is 2.13. The lowest BCUT2D eigenvalue weighted by molar-refractivity contribution is 0.335. The molecule has 1 rings (SSSR count). The van der Waals surface area contributed by atoms with Gasteiger partial charge in [0.15, 0.2) is 0 Å². The maximum absolute atomic E-state index is 5.58. The highest BCUT2D eigenvalue weighted by molar-refractivity contribution is 7.50. The summed E-state index contributed by atoms with van der Waals surface area (Å²) < 4.78 is 5.58. The second-order valence-corrected chi connectivity index (χ2v) is 6.53. The maximum atomic E-state index is 5.58. The molecule has 1 aliphatic rings. The van der Waals surface area contributed by atoms with Crippen LogP contribution in [0.2, 0.25) is 0 Å². The Morgan fingerprint density at radius 1 is 1.07 bits per heavy atom. The van der Waals surface area contributed by atoms with Gasteiger partial charge >= 0.3 is 0 Å². The molecule has 0 saturated heterocycles. The smallest absolute Gasteiger partial charge is 0.0508 e. The Bertz CT molecular complexity index is 130. The molecule has 2 heteroatoms. The van der Waals surface area contributed by atoms with Crippen molar-refractivity contribution in [2.75, 3.05) is 19.9 Å². The maximum Gasteiger partial charge on any atom is 0.0508 e. The van der Waals surface area contributed by atoms with Crippen molar-refractivity contribution < 1.29 is 4.52 Å². The molecule has 0 aromatic rings. The summed E-state index contributed by atoms with van der Waals surface area (Å²) in [4.78, 5) is 0. The molecule has 0 bridgehead atoms. The van der Waals surface area contributed by atoms with Gasteiger partial charge in [-0.3, -0.25) is 0 Å². The van der Waals surface area contributed by atoms with Crippen LogP contribution in [0, 0.1) is 5.92 Å². The van der Waals surface area contributed by atoms with Crippen molar-refractivity contribution in [2.24, 2.45) is 5.92 Å². The van der Waals surface area contributed by atoms with E-state index in [1.807, 2.05) is 0 Å². The molecule has 0 heterocycles. The quantitative estimate of drug-likeness (QED) is 0.452. The van der Waals surface area contributed by atoms with Crippen LogP contribution in [0.3, 0.4) is 0 Å². The third-order valence-corrected chi connectivity index (χ3v) is 3.78. The van der Waals surface area contributed by atoms with E-state index in [-0.39, 0.29) is 8.15 Å². The highest BCUT2D eigenvalue weighted by Crippen LogP contribution is 2.29. The fourth-order valence-electron chi connectivity index (χ4n) is 2.26. The van der Waals surface area contributed by atoms with Crippen molar-refractivity contribution in [3.8, 4) is 0 Å². The first-order valence-electron chi connectivity index (χ1n) is 6.09. The highest BCUT2D eigenvalue weighted by atomic mass is 31.1. The van der Waals surface area contributed by atoms with Gasteiger partial charge in [-0.1, -0.05) is 44.9 Å². The lowest BCUT2D eigenvalue weighted by atomic mass is 10.0. The number of unbranched alkanes of at least 4 members (excludes halogenated alkanes) is 2. The predicted molar refractivity (Wildman–Crippen MR) is 65.1 cm³/mol. The van der Waals surface area contributed by atoms with E-state index in [0.29, 0.717) is 0 Å². The van der Waals surface area contributed by atoms with Crippen molar-refractivity contribution in [1.82, 2.24) is 0 Å². The Morgan fingerprint density at radius 2 is 1.79 bits per heavy atom. The van der Waals surface area contributed by atoms with Gasteiger partial charge in [0, 0.05) is 8.15 Å². The van der Waals surface area contributed by atoms with Gasteiger partial charge in [0.05, 0.1) is 6.61 Å². The van der Waals surface area contributed by atoms with Crippen LogP contribution in [0.1, 0.15) is 51.4 Å². The average Bonchev–Trinajstić information content (AvgIpc) is 2.63. The largest absolute Gasteiger partial charge is 0.360 e. The SMILES string of the molecule is CP(C)OCCCCCC1CCCC1. The molecule has 1 saturated carbocycles. The zero-order chi connectivity index (χ0) is 10.2. The first kappa shape index (κ1) is 12.5. The van der Waals surface area contributed by atoms with E-state index in [1.165, 1.54) is 51.4 Å². The van der Waals surface area contributed by atoms with Gasteiger partial charge in [0.25, 0.3) is 0 Å². The Balaban J connectivity index is 1.79. The van der Waals surface area contributed by atoms with Gasteiger partial charge in [-0.2, -0.15) is 0 Å². The molecule has 0 aliphatic heterocycles. The number of hydrogen-bond acceptors (Lipinski definition) is 1. The summed E-state index contributed by atoms with van der Waals surface area (Å²) in [5, 5.41) is 0. The van der Waals surface area contributed by atoms with Crippen molar-refractivity contribution in [2.45, 2.75) is 51.4 Å². The van der Waals surface area contributed by atoms with E-state index in [0.717, 1.165) is 12.5 Å². The summed E-state index contributed by atoms with van der Waals surface area (Å²) >= 11 is 0. The first-order chi connectivity index (χ1) is 6.79. The van der Waals surface area contributed by atoms with Gasteiger partial charge < -0.3 is 4.52 Å². The van der Waals surface area contributed by atoms with E-state index < -0.39 is 0 Å². The molecular formula is C12H25OP. The minimum atomic E-state index is -0.130. The third kappa shape index (κ3) is 5.98. The molecule has 0 unspecified atom stereocenters. The molecule has 0 N–H and O–H groups in total. The zero-order valence-electron chi connectivity index (χ0n) is 9.80. The van der Waals surface area contributed by atoms with Crippen LogP contribution in [0.4, 0.5) is 0 Å². The average molecular weight is 216 g/mol. The molecule has 1 nitrogen and oxygen atoms in total. The van der Waals surface area contributed by atoms with E-state index in [1.54, 1.807) is 0 Å². The molecule has 84 valence electrons. The summed E-state index contributed by atoms with van der Waals surface area (Å²) in [6.07, 6.45) is 11.5. The molecule has 0 radical (unpaired) electrons. The van der Waals surface area contributed by atoms with Crippen LogP contribution < -0.4 is 0 Å². The van der Waals surface area contributed by atoms with Gasteiger partial charge in [0.1, 0.15) is 0 Å². The van der Waals surface area contributed by atoms with Gasteiger partial charge in [-0.15, -0.1) is 0 Å². The monoisotopic (exact) mass is 216 g/mol. The van der Waals surface area contributed by atoms with Gasteiger partial charge in [-0.05, 0) is 25.7 Å². The zero-order valence-corrected chi connectivity index (χ0v) is 10.7. The predicted octanol–water partition coefficient (Wildman–Crippen LogP) is 4.41. The van der Waals surface area contributed by atoms with E-state index in [2.05, 4.69) is 13.3 Å². The summed E-state index contributed by atoms with van der Waals surface area (Å²) in [6.45, 7) is 5.34. The van der Waals surface area contributed by atoms with Gasteiger partial charge in [-0.25, -0.2) is 0 Å². The fourth-order valence-corrected chi connectivity index (χ4v) is 2.75. The standard InChI is InChI=1S/C12H25OP/c1-14(2)13-11-7-3-4-8-12-9-5-6-10-12/h12H,3-11H2,1-2H3. The summed E-state index contributed by atoms with van der Waals surface area (Å²) in [7, 11) is -0.130. The normalized spacial score (nSPS) is 18.2. The Kier molecular flexibility index (Phi) is 6.81. The minimum absolute atomic E-state index is 0.130. The molecule has 1 aliphatic carbocycles. The molecule has 1 fully saturated rings. The number of rotatable bonds is 7. The van der Waals surface area contributed by atoms with Crippen LogP contribution in [-0.2, 0) is 4.52 Å². The summed E-state index contributed by atoms with van der Waals surface area (Å²) in [5.74, 6) is 1.07. The molecule has 0 spiro atoms. The van der Waals surface area contributed by atoms with Crippen LogP contribution in [-0.4, -0.2) is 19.9 Å². The summed E-state index contributed by atoms with van der Waals surface area (Å²) in [5.41, 5.74) is 0. The van der Waals surface area contributed by atoms with Gasteiger partial charge in [0.2, 0.25) is 0 Å². The molecule has 14 heavy (non-hydrogen) atoms. The minimum Gasteiger partial charge on any atom is -0.360 e. The van der Waals surface area contributed by atoms with Crippen molar-refractivity contribution >= 4 is 8.15 Å².